The number of alkyl halides is 2. The van der Waals surface area contributed by atoms with Gasteiger partial charge in [0.2, 0.25) is 11.6 Å². The highest BCUT2D eigenvalue weighted by atomic mass is 19.3. The van der Waals surface area contributed by atoms with Crippen LogP contribution in [-0.2, 0) is 14.3 Å². The largest absolute Gasteiger partial charge is 0.493 e. The minimum absolute atomic E-state index is 0.00480. The fourth-order valence-corrected chi connectivity index (χ4v) is 2.74. The van der Waals surface area contributed by atoms with Crippen LogP contribution in [0.5, 0.6) is 23.0 Å². The van der Waals surface area contributed by atoms with Crippen LogP contribution in [0.2, 0.25) is 0 Å². The number of primary amides is 1. The number of amides is 1. The van der Waals surface area contributed by atoms with E-state index < -0.39 is 18.5 Å². The first kappa shape index (κ1) is 22.5. The van der Waals surface area contributed by atoms with Crippen LogP contribution in [0.15, 0.2) is 47.1 Å². The predicted molar refractivity (Wildman–Crippen MR) is 108 cm³/mol. The van der Waals surface area contributed by atoms with Gasteiger partial charge in [-0.05, 0) is 48.0 Å². The summed E-state index contributed by atoms with van der Waals surface area (Å²) in [6.07, 6.45) is 1.44. The van der Waals surface area contributed by atoms with Crippen LogP contribution in [-0.4, -0.2) is 45.2 Å². The molecule has 0 unspecified atom stereocenters. The lowest BCUT2D eigenvalue weighted by Gasteiger charge is -2.14. The summed E-state index contributed by atoms with van der Waals surface area (Å²) in [4.78, 5) is 27.4. The van der Waals surface area contributed by atoms with E-state index in [4.69, 9.17) is 24.7 Å². The number of hydrogen-bond donors (Lipinski definition) is 1. The molecule has 0 aromatic heterocycles. The van der Waals surface area contributed by atoms with Crippen LogP contribution < -0.4 is 24.7 Å². The molecule has 0 saturated carbocycles. The van der Waals surface area contributed by atoms with Gasteiger partial charge in [0, 0.05) is 5.56 Å². The Balaban J connectivity index is 1.89. The highest BCUT2D eigenvalue weighted by molar-refractivity contribution is 6.12. The second kappa shape index (κ2) is 9.77. The van der Waals surface area contributed by atoms with E-state index in [1.54, 1.807) is 12.1 Å². The van der Waals surface area contributed by atoms with E-state index >= 15 is 0 Å². The number of esters is 1. The smallest absolute Gasteiger partial charge is 0.387 e. The van der Waals surface area contributed by atoms with Gasteiger partial charge in [-0.15, -0.1) is 0 Å². The van der Waals surface area contributed by atoms with Crippen molar-refractivity contribution >= 4 is 23.9 Å². The second-order valence-electron chi connectivity index (χ2n) is 6.25. The van der Waals surface area contributed by atoms with Crippen LogP contribution in [0.25, 0.3) is 6.08 Å². The number of ether oxygens (including phenoxy) is 5. The lowest BCUT2D eigenvalue weighted by Crippen LogP contribution is -2.20. The maximum atomic E-state index is 12.3. The minimum atomic E-state index is -2.95. The Kier molecular flexibility index (Phi) is 6.88. The zero-order valence-electron chi connectivity index (χ0n) is 17.0. The summed E-state index contributed by atoms with van der Waals surface area (Å²) in [6, 6.07) is 8.57. The maximum absolute atomic E-state index is 12.3. The number of rotatable bonds is 9. The molecule has 1 aliphatic heterocycles. The number of cyclic esters (lactones) is 1. The average molecular weight is 448 g/mol. The zero-order valence-corrected chi connectivity index (χ0v) is 17.0. The van der Waals surface area contributed by atoms with Crippen molar-refractivity contribution in [2.24, 2.45) is 10.7 Å². The molecule has 0 spiro atoms. The maximum Gasteiger partial charge on any atom is 0.387 e. The Bertz CT molecular complexity index is 1060. The number of nitrogens with two attached hydrogens (primary N) is 1. The molecule has 0 saturated heterocycles. The monoisotopic (exact) mass is 448 g/mol. The fraction of sp³-hybridized carbons (Fsp3) is 0.190. The fourth-order valence-electron chi connectivity index (χ4n) is 2.74. The first-order chi connectivity index (χ1) is 15.3. The highest BCUT2D eigenvalue weighted by Gasteiger charge is 2.25. The molecule has 1 heterocycles. The van der Waals surface area contributed by atoms with E-state index in [2.05, 4.69) is 9.73 Å². The van der Waals surface area contributed by atoms with Crippen LogP contribution in [0.3, 0.4) is 0 Å². The van der Waals surface area contributed by atoms with Crippen LogP contribution in [0.1, 0.15) is 11.1 Å². The Labute approximate surface area is 181 Å². The average Bonchev–Trinajstić information content (AvgIpc) is 3.12. The van der Waals surface area contributed by atoms with Crippen molar-refractivity contribution in [1.29, 1.82) is 0 Å². The van der Waals surface area contributed by atoms with Crippen LogP contribution in [0.4, 0.5) is 8.78 Å². The van der Waals surface area contributed by atoms with Gasteiger partial charge in [-0.2, -0.15) is 8.78 Å². The third-order valence-corrected chi connectivity index (χ3v) is 4.09. The van der Waals surface area contributed by atoms with E-state index in [-0.39, 0.29) is 41.2 Å². The van der Waals surface area contributed by atoms with Crippen LogP contribution in [0, 0.1) is 0 Å². The van der Waals surface area contributed by atoms with Gasteiger partial charge in [-0.25, -0.2) is 9.79 Å². The Morgan fingerprint density at radius 1 is 1.16 bits per heavy atom. The molecule has 32 heavy (non-hydrogen) atoms. The predicted octanol–water partition coefficient (Wildman–Crippen LogP) is 2.51. The third-order valence-electron chi connectivity index (χ3n) is 4.09. The van der Waals surface area contributed by atoms with Gasteiger partial charge in [0.15, 0.2) is 23.8 Å². The van der Waals surface area contributed by atoms with E-state index in [1.165, 1.54) is 44.6 Å². The molecule has 2 N–H and O–H groups in total. The SMILES string of the molecule is COc1cc(/C=C2/N=C(c3ccc(OC(F)F)cc3)OC2=O)cc(OC)c1OCC(N)=O. The summed E-state index contributed by atoms with van der Waals surface area (Å²) in [5.74, 6) is -0.775. The number of aliphatic imine (C=N–C) groups is 1. The normalized spacial score (nSPS) is 14.2. The Morgan fingerprint density at radius 3 is 2.31 bits per heavy atom. The van der Waals surface area contributed by atoms with E-state index in [9.17, 15) is 18.4 Å². The lowest BCUT2D eigenvalue weighted by molar-refractivity contribution is -0.130. The molecule has 9 nitrogen and oxygen atoms in total. The third kappa shape index (κ3) is 5.31. The molecule has 0 aliphatic carbocycles. The van der Waals surface area contributed by atoms with Crippen molar-refractivity contribution in [2.45, 2.75) is 6.61 Å². The lowest BCUT2D eigenvalue weighted by atomic mass is 10.1. The highest BCUT2D eigenvalue weighted by Crippen LogP contribution is 2.39. The van der Waals surface area contributed by atoms with E-state index in [0.29, 0.717) is 11.1 Å². The summed E-state index contributed by atoms with van der Waals surface area (Å²) in [6.45, 7) is -3.33. The van der Waals surface area contributed by atoms with Crippen molar-refractivity contribution in [3.05, 3.63) is 53.2 Å². The van der Waals surface area contributed by atoms with Gasteiger partial charge in [0.25, 0.3) is 5.91 Å². The van der Waals surface area contributed by atoms with Crippen molar-refractivity contribution in [1.82, 2.24) is 0 Å². The number of halogens is 2. The number of hydrogen-bond acceptors (Lipinski definition) is 8. The first-order valence-electron chi connectivity index (χ1n) is 9.05. The molecule has 1 amide bonds. The molecule has 0 bridgehead atoms. The molecule has 2 aromatic rings. The molecular formula is C21H18F2N2O7. The summed E-state index contributed by atoms with van der Waals surface area (Å²) < 4.78 is 49.9. The minimum Gasteiger partial charge on any atom is -0.493 e. The number of nitrogens with zero attached hydrogens (tertiary/aromatic N) is 1. The molecule has 0 atom stereocenters. The van der Waals surface area contributed by atoms with E-state index in [0.717, 1.165) is 0 Å². The number of carbonyl (C=O) groups excluding carboxylic acids is 2. The van der Waals surface area contributed by atoms with Gasteiger partial charge in [0.05, 0.1) is 14.2 Å². The molecule has 11 heteroatoms. The molecule has 0 fully saturated rings. The topological polar surface area (TPSA) is 119 Å². The van der Waals surface area contributed by atoms with Gasteiger partial charge >= 0.3 is 12.6 Å². The van der Waals surface area contributed by atoms with Crippen LogP contribution >= 0.6 is 0 Å². The van der Waals surface area contributed by atoms with Gasteiger partial charge in [-0.3, -0.25) is 4.79 Å². The summed E-state index contributed by atoms with van der Waals surface area (Å²) >= 11 is 0. The Hall–Kier alpha value is -4.15. The zero-order chi connectivity index (χ0) is 23.3. The molecule has 1 aliphatic rings. The van der Waals surface area contributed by atoms with E-state index in [1.807, 2.05) is 0 Å². The van der Waals surface area contributed by atoms with Gasteiger partial charge in [-0.1, -0.05) is 0 Å². The Morgan fingerprint density at radius 2 is 1.78 bits per heavy atom. The second-order valence-corrected chi connectivity index (χ2v) is 6.25. The summed E-state index contributed by atoms with van der Waals surface area (Å²) in [5.41, 5.74) is 5.97. The molecule has 168 valence electrons. The quantitative estimate of drug-likeness (QED) is 0.463. The summed E-state index contributed by atoms with van der Waals surface area (Å²) in [5, 5.41) is 0. The van der Waals surface area contributed by atoms with Gasteiger partial charge in [0.1, 0.15) is 5.75 Å². The molecule has 3 rings (SSSR count). The van der Waals surface area contributed by atoms with Gasteiger partial charge < -0.3 is 29.4 Å². The molecule has 0 radical (unpaired) electrons. The molecule has 2 aromatic carbocycles. The van der Waals surface area contributed by atoms with Crippen molar-refractivity contribution in [2.75, 3.05) is 20.8 Å². The number of benzene rings is 2. The standard InChI is InChI=1S/C21H18F2N2O7/c1-28-15-8-11(9-16(29-2)18(15)30-10-17(24)26)7-14-20(27)32-19(25-14)12-3-5-13(6-4-12)31-21(22)23/h3-9,21H,10H2,1-2H3,(H2,24,26)/b14-7+. The van der Waals surface area contributed by atoms with Crippen molar-refractivity contribution in [3.8, 4) is 23.0 Å². The number of carbonyl (C=O) groups is 2. The summed E-state index contributed by atoms with van der Waals surface area (Å²) in [7, 11) is 2.79. The number of methoxy groups -OCH3 is 2. The first-order valence-corrected chi connectivity index (χ1v) is 9.05. The van der Waals surface area contributed by atoms with Crippen molar-refractivity contribution < 1.29 is 42.1 Å². The van der Waals surface area contributed by atoms with Crippen molar-refractivity contribution in [3.63, 3.8) is 0 Å². The molecular weight excluding hydrogens is 430 g/mol.